The second-order valence-corrected chi connectivity index (χ2v) is 10.5. The Hall–Kier alpha value is -2.69. The van der Waals surface area contributed by atoms with Gasteiger partial charge in [0.1, 0.15) is 29.7 Å². The summed E-state index contributed by atoms with van der Waals surface area (Å²) < 4.78 is 35.8. The molecule has 6 atom stereocenters. The third-order valence-corrected chi connectivity index (χ3v) is 8.18. The molecule has 5 rings (SSSR count). The van der Waals surface area contributed by atoms with Gasteiger partial charge in [-0.3, -0.25) is 4.79 Å². The molecule has 1 amide bonds. The van der Waals surface area contributed by atoms with Gasteiger partial charge in [0.15, 0.2) is 0 Å². The molecule has 8 nitrogen and oxygen atoms in total. The van der Waals surface area contributed by atoms with Gasteiger partial charge >= 0.3 is 0 Å². The Morgan fingerprint density at radius 1 is 1.38 bits per heavy atom. The van der Waals surface area contributed by atoms with Crippen LogP contribution in [0.15, 0.2) is 24.4 Å². The number of benzene rings is 1. The number of likely N-dealkylation sites (tertiary alicyclic amines) is 1. The zero-order valence-electron chi connectivity index (χ0n) is 20.5. The predicted molar refractivity (Wildman–Crippen MR) is 134 cm³/mol. The number of ether oxygens (including phenoxy) is 1. The molecular formula is C26H30ClF2N5O3. The Labute approximate surface area is 218 Å². The van der Waals surface area contributed by atoms with Gasteiger partial charge in [-0.25, -0.2) is 18.7 Å². The maximum atomic E-state index is 15.5. The van der Waals surface area contributed by atoms with Crippen LogP contribution in [0.4, 0.5) is 8.78 Å². The quantitative estimate of drug-likeness (QED) is 0.503. The average molecular weight is 534 g/mol. The Morgan fingerprint density at radius 2 is 2.19 bits per heavy atom. The van der Waals surface area contributed by atoms with E-state index in [1.165, 1.54) is 23.2 Å². The van der Waals surface area contributed by atoms with Gasteiger partial charge in [-0.2, -0.15) is 0 Å². The van der Waals surface area contributed by atoms with E-state index in [2.05, 4.69) is 15.3 Å². The molecule has 37 heavy (non-hydrogen) atoms. The summed E-state index contributed by atoms with van der Waals surface area (Å²) >= 11 is 6.03. The molecule has 1 aromatic heterocycles. The summed E-state index contributed by atoms with van der Waals surface area (Å²) in [7, 11) is 0. The van der Waals surface area contributed by atoms with Crippen molar-refractivity contribution < 1.29 is 23.4 Å². The van der Waals surface area contributed by atoms with Crippen molar-refractivity contribution in [3.63, 3.8) is 0 Å². The van der Waals surface area contributed by atoms with Crippen molar-refractivity contribution >= 4 is 23.2 Å². The van der Waals surface area contributed by atoms with Crippen molar-refractivity contribution in [1.29, 1.82) is 5.41 Å². The highest BCUT2D eigenvalue weighted by atomic mass is 35.5. The number of aliphatic hydroxyl groups excluding tert-OH is 1. The van der Waals surface area contributed by atoms with E-state index in [9.17, 15) is 9.18 Å². The number of amides is 1. The highest BCUT2D eigenvalue weighted by Gasteiger charge is 2.50. The summed E-state index contributed by atoms with van der Waals surface area (Å²) in [6.45, 7) is 2.40. The summed E-state index contributed by atoms with van der Waals surface area (Å²) in [6, 6.07) is 3.63. The summed E-state index contributed by atoms with van der Waals surface area (Å²) in [5, 5.41) is 21.2. The van der Waals surface area contributed by atoms with Gasteiger partial charge in [-0.1, -0.05) is 11.6 Å². The second kappa shape index (κ2) is 10.6. The van der Waals surface area contributed by atoms with E-state index in [1.54, 1.807) is 6.92 Å². The van der Waals surface area contributed by atoms with E-state index in [0.717, 1.165) is 12.5 Å². The first-order chi connectivity index (χ1) is 17.8. The second-order valence-electron chi connectivity index (χ2n) is 10.1. The molecule has 1 aromatic carbocycles. The molecule has 3 fully saturated rings. The van der Waals surface area contributed by atoms with Crippen molar-refractivity contribution in [3.05, 3.63) is 52.3 Å². The molecule has 198 valence electrons. The summed E-state index contributed by atoms with van der Waals surface area (Å²) in [5.41, 5.74) is 1.01. The molecule has 3 aliphatic rings. The maximum absolute atomic E-state index is 15.5. The molecule has 2 bridgehead atoms. The van der Waals surface area contributed by atoms with Crippen molar-refractivity contribution in [1.82, 2.24) is 20.2 Å². The molecule has 1 saturated heterocycles. The smallest absolute Gasteiger partial charge is 0.257 e. The first kappa shape index (κ1) is 25.9. The van der Waals surface area contributed by atoms with Crippen LogP contribution in [0, 0.1) is 30.0 Å². The van der Waals surface area contributed by atoms with Crippen molar-refractivity contribution in [2.24, 2.45) is 11.8 Å². The number of nitrogens with zero attached hydrogens (tertiary/aromatic N) is 3. The van der Waals surface area contributed by atoms with Gasteiger partial charge in [0.05, 0.1) is 35.3 Å². The third-order valence-electron chi connectivity index (χ3n) is 7.81. The topological polar surface area (TPSA) is 111 Å². The van der Waals surface area contributed by atoms with Crippen LogP contribution in [0.1, 0.15) is 47.1 Å². The fraction of sp³-hybridized carbons (Fsp3) is 0.538. The Bertz CT molecular complexity index is 1200. The number of carbonyl (C=O) groups excluding carboxylic acids is 1. The molecule has 6 unspecified atom stereocenters. The normalized spacial score (nSPS) is 29.1. The maximum Gasteiger partial charge on any atom is 0.257 e. The number of aromatic nitrogens is 2. The van der Waals surface area contributed by atoms with E-state index >= 15 is 4.39 Å². The number of carbonyl (C=O) groups is 1. The van der Waals surface area contributed by atoms with Crippen LogP contribution in [0.3, 0.4) is 0 Å². The Morgan fingerprint density at radius 3 is 2.95 bits per heavy atom. The molecule has 2 aromatic rings. The molecule has 1 aliphatic heterocycles. The number of rotatable bonds is 7. The lowest BCUT2D eigenvalue weighted by atomic mass is 9.80. The van der Waals surface area contributed by atoms with Crippen molar-refractivity contribution in [2.45, 2.75) is 50.4 Å². The lowest BCUT2D eigenvalue weighted by Crippen LogP contribution is -2.52. The third kappa shape index (κ3) is 5.06. The molecule has 2 heterocycles. The van der Waals surface area contributed by atoms with Gasteiger partial charge in [0.25, 0.3) is 5.91 Å². The molecule has 11 heteroatoms. The molecular weight excluding hydrogens is 504 g/mol. The molecule has 2 aliphatic carbocycles. The number of fused-ring (bicyclic) bond motifs is 2. The van der Waals surface area contributed by atoms with Crippen LogP contribution in [-0.2, 0) is 0 Å². The van der Waals surface area contributed by atoms with Crippen LogP contribution in [0.2, 0.25) is 5.02 Å². The van der Waals surface area contributed by atoms with E-state index < -0.39 is 29.9 Å². The van der Waals surface area contributed by atoms with Gasteiger partial charge in [-0.05, 0) is 44.2 Å². The highest BCUT2D eigenvalue weighted by Crippen LogP contribution is 2.45. The lowest BCUT2D eigenvalue weighted by Gasteiger charge is -2.38. The van der Waals surface area contributed by atoms with Crippen molar-refractivity contribution in [3.8, 4) is 5.75 Å². The SMILES string of the molecule is Cc1nc(C2CN(C(=O)c3ccc(F)cc3OC3CC4CCC(C3F)C4NCCO)CC2=N)ncc1Cl. The summed E-state index contributed by atoms with van der Waals surface area (Å²) in [4.78, 5) is 23.6. The monoisotopic (exact) mass is 533 g/mol. The standard InChI is InChI=1S/C26H30ClF2N5O3/c1-13-19(27)10-32-25(33-13)18-11-34(12-20(18)30)26(36)16-5-3-15(28)9-21(16)37-22-8-14-2-4-17(23(22)29)24(14)31-6-7-35/h3,5,9-10,14,17-18,22-24,30-31,35H,2,4,6-8,11-12H2,1H3. The van der Waals surface area contributed by atoms with E-state index in [-0.39, 0.29) is 54.6 Å². The first-order valence-electron chi connectivity index (χ1n) is 12.6. The van der Waals surface area contributed by atoms with Gasteiger partial charge in [0, 0.05) is 43.0 Å². The Balaban J connectivity index is 1.33. The first-order valence-corrected chi connectivity index (χ1v) is 12.9. The van der Waals surface area contributed by atoms with Crippen LogP contribution in [-0.4, -0.2) is 76.2 Å². The zero-order valence-corrected chi connectivity index (χ0v) is 21.2. The summed E-state index contributed by atoms with van der Waals surface area (Å²) in [5.74, 6) is -1.13. The number of halogens is 3. The van der Waals surface area contributed by atoms with Crippen LogP contribution in [0.25, 0.3) is 0 Å². The predicted octanol–water partition coefficient (Wildman–Crippen LogP) is 3.30. The molecule has 0 spiro atoms. The van der Waals surface area contributed by atoms with E-state index in [4.69, 9.17) is 26.9 Å². The number of alkyl halides is 1. The van der Waals surface area contributed by atoms with Crippen LogP contribution < -0.4 is 10.1 Å². The Kier molecular flexibility index (Phi) is 7.42. The number of aliphatic hydroxyl groups is 1. The van der Waals surface area contributed by atoms with Gasteiger partial charge in [0.2, 0.25) is 0 Å². The fourth-order valence-corrected chi connectivity index (χ4v) is 6.04. The molecule has 0 radical (unpaired) electrons. The summed E-state index contributed by atoms with van der Waals surface area (Å²) in [6.07, 6.45) is 1.41. The zero-order chi connectivity index (χ0) is 26.3. The molecule has 2 saturated carbocycles. The highest BCUT2D eigenvalue weighted by molar-refractivity contribution is 6.31. The van der Waals surface area contributed by atoms with Gasteiger partial charge < -0.3 is 25.5 Å². The lowest BCUT2D eigenvalue weighted by molar-refractivity contribution is 0.00603. The number of hydrogen-bond donors (Lipinski definition) is 3. The van der Waals surface area contributed by atoms with Crippen molar-refractivity contribution in [2.75, 3.05) is 26.2 Å². The van der Waals surface area contributed by atoms with Crippen LogP contribution >= 0.6 is 11.6 Å². The van der Waals surface area contributed by atoms with Crippen LogP contribution in [0.5, 0.6) is 5.75 Å². The molecule has 3 N–H and O–H groups in total. The largest absolute Gasteiger partial charge is 0.486 e. The fourth-order valence-electron chi connectivity index (χ4n) is 5.95. The average Bonchev–Trinajstić information content (AvgIpc) is 3.41. The number of hydrogen-bond acceptors (Lipinski definition) is 7. The number of nitrogens with one attached hydrogen (secondary N) is 2. The minimum absolute atomic E-state index is 0.00684. The van der Waals surface area contributed by atoms with Gasteiger partial charge in [-0.15, -0.1) is 0 Å². The van der Waals surface area contributed by atoms with E-state index in [0.29, 0.717) is 35.9 Å². The minimum atomic E-state index is -1.28. The number of aryl methyl sites for hydroxylation is 1. The minimum Gasteiger partial charge on any atom is -0.486 e. The van der Waals surface area contributed by atoms with E-state index in [1.807, 2.05) is 0 Å².